The lowest BCUT2D eigenvalue weighted by Crippen LogP contribution is -2.52. The van der Waals surface area contributed by atoms with Crippen LogP contribution in [0.4, 0.5) is 4.79 Å². The Bertz CT molecular complexity index is 856. The van der Waals surface area contributed by atoms with Crippen molar-refractivity contribution in [1.82, 2.24) is 25.2 Å². The first-order valence-corrected chi connectivity index (χ1v) is 10.2. The minimum atomic E-state index is -0.201. The molecule has 0 spiro atoms. The Morgan fingerprint density at radius 2 is 1.93 bits per heavy atom. The Morgan fingerprint density at radius 3 is 2.77 bits per heavy atom. The summed E-state index contributed by atoms with van der Waals surface area (Å²) in [6.07, 6.45) is 1.49. The van der Waals surface area contributed by atoms with Gasteiger partial charge in [-0.1, -0.05) is 23.4 Å². The molecule has 2 amide bonds. The first-order valence-electron chi connectivity index (χ1n) is 10.2. The van der Waals surface area contributed by atoms with Gasteiger partial charge in [-0.05, 0) is 12.1 Å². The van der Waals surface area contributed by atoms with Crippen molar-refractivity contribution in [1.29, 1.82) is 0 Å². The van der Waals surface area contributed by atoms with E-state index in [1.54, 1.807) is 9.58 Å². The number of morpholine rings is 1. The Morgan fingerprint density at radius 1 is 1.13 bits per heavy atom. The number of benzene rings is 1. The number of hydrogen-bond donors (Lipinski definition) is 1. The SMILES string of the molecule is O=C(N[C@H]1CO[C@H]2[C@H]1OC[C@H]2n1cc(COc2ccccc2)nn1)N1CCOCC1. The van der Waals surface area contributed by atoms with Crippen molar-refractivity contribution in [3.8, 4) is 5.75 Å². The van der Waals surface area contributed by atoms with Crippen LogP contribution in [0.25, 0.3) is 0 Å². The van der Waals surface area contributed by atoms with Gasteiger partial charge in [-0.3, -0.25) is 0 Å². The summed E-state index contributed by atoms with van der Waals surface area (Å²) in [6.45, 7) is 3.56. The second-order valence-corrected chi connectivity index (χ2v) is 7.61. The molecule has 1 aromatic carbocycles. The standard InChI is InChI=1S/C20H25N5O5/c26-20(24-6-8-27-9-7-24)21-16-12-29-19-17(13-30-18(16)19)25-10-14(22-23-25)11-28-15-4-2-1-3-5-15/h1-5,10,16-19H,6-9,11-13H2,(H,21,26)/t16-,17+,18-,19+/m0/s1. The zero-order valence-electron chi connectivity index (χ0n) is 16.6. The van der Waals surface area contributed by atoms with Crippen molar-refractivity contribution in [2.45, 2.75) is 30.9 Å². The van der Waals surface area contributed by atoms with Crippen molar-refractivity contribution in [2.75, 3.05) is 39.5 Å². The number of rotatable bonds is 5. The van der Waals surface area contributed by atoms with E-state index in [1.165, 1.54) is 0 Å². The van der Waals surface area contributed by atoms with Crippen LogP contribution in [0.1, 0.15) is 11.7 Å². The third-order valence-electron chi connectivity index (χ3n) is 5.66. The van der Waals surface area contributed by atoms with Crippen molar-refractivity contribution >= 4 is 6.03 Å². The summed E-state index contributed by atoms with van der Waals surface area (Å²) in [4.78, 5) is 14.3. The van der Waals surface area contributed by atoms with Crippen LogP contribution in [0.2, 0.25) is 0 Å². The molecule has 1 aromatic heterocycles. The molecule has 3 fully saturated rings. The van der Waals surface area contributed by atoms with Gasteiger partial charge in [0.15, 0.2) is 0 Å². The number of nitrogens with zero attached hydrogens (tertiary/aromatic N) is 4. The molecule has 1 N–H and O–H groups in total. The lowest BCUT2D eigenvalue weighted by Gasteiger charge is -2.29. The van der Waals surface area contributed by atoms with Crippen molar-refractivity contribution in [3.05, 3.63) is 42.2 Å². The summed E-state index contributed by atoms with van der Waals surface area (Å²) < 4.78 is 24.8. The summed E-state index contributed by atoms with van der Waals surface area (Å²) in [6, 6.07) is 9.23. The first kappa shape index (κ1) is 19.3. The molecule has 160 valence electrons. The molecule has 0 bridgehead atoms. The van der Waals surface area contributed by atoms with Crippen LogP contribution >= 0.6 is 0 Å². The van der Waals surface area contributed by atoms with Gasteiger partial charge in [-0.15, -0.1) is 5.10 Å². The zero-order chi connectivity index (χ0) is 20.3. The van der Waals surface area contributed by atoms with Gasteiger partial charge in [0, 0.05) is 13.1 Å². The van der Waals surface area contributed by atoms with E-state index in [0.717, 1.165) is 11.4 Å². The maximum Gasteiger partial charge on any atom is 0.317 e. The molecule has 4 heterocycles. The Hall–Kier alpha value is -2.69. The molecule has 0 aliphatic carbocycles. The highest BCUT2D eigenvalue weighted by molar-refractivity contribution is 5.74. The molecular formula is C20H25N5O5. The molecule has 5 rings (SSSR count). The van der Waals surface area contributed by atoms with Gasteiger partial charge in [0.05, 0.1) is 38.7 Å². The number of carbonyl (C=O) groups is 1. The molecule has 30 heavy (non-hydrogen) atoms. The van der Waals surface area contributed by atoms with E-state index in [0.29, 0.717) is 46.1 Å². The predicted octanol–water partition coefficient (Wildman–Crippen LogP) is 0.606. The van der Waals surface area contributed by atoms with Crippen LogP contribution in [0, 0.1) is 0 Å². The van der Waals surface area contributed by atoms with Gasteiger partial charge in [0.2, 0.25) is 0 Å². The summed E-state index contributed by atoms with van der Waals surface area (Å²) in [7, 11) is 0. The lowest BCUT2D eigenvalue weighted by molar-refractivity contribution is 0.0485. The van der Waals surface area contributed by atoms with Crippen LogP contribution in [0.5, 0.6) is 5.75 Å². The van der Waals surface area contributed by atoms with Crippen LogP contribution < -0.4 is 10.1 Å². The fourth-order valence-electron chi connectivity index (χ4n) is 4.06. The molecule has 4 atom stereocenters. The number of para-hydroxylation sites is 1. The number of hydrogen-bond acceptors (Lipinski definition) is 7. The number of fused-ring (bicyclic) bond motifs is 1. The molecule has 10 nitrogen and oxygen atoms in total. The monoisotopic (exact) mass is 415 g/mol. The first-order chi connectivity index (χ1) is 14.8. The maximum atomic E-state index is 12.5. The van der Waals surface area contributed by atoms with E-state index in [4.69, 9.17) is 18.9 Å². The highest BCUT2D eigenvalue weighted by Gasteiger charge is 2.49. The summed E-state index contributed by atoms with van der Waals surface area (Å²) in [5.74, 6) is 0.786. The van der Waals surface area contributed by atoms with Gasteiger partial charge < -0.3 is 29.2 Å². The number of urea groups is 1. The van der Waals surface area contributed by atoms with Crippen LogP contribution in [0.15, 0.2) is 36.5 Å². The van der Waals surface area contributed by atoms with E-state index in [1.807, 2.05) is 36.5 Å². The smallest absolute Gasteiger partial charge is 0.317 e. The average molecular weight is 415 g/mol. The molecule has 3 aliphatic heterocycles. The van der Waals surface area contributed by atoms with E-state index >= 15 is 0 Å². The lowest BCUT2D eigenvalue weighted by atomic mass is 10.1. The van der Waals surface area contributed by atoms with Crippen molar-refractivity contribution < 1.29 is 23.7 Å². The van der Waals surface area contributed by atoms with E-state index in [9.17, 15) is 4.79 Å². The normalized spacial score (nSPS) is 28.3. The highest BCUT2D eigenvalue weighted by atomic mass is 16.6. The Balaban J connectivity index is 1.17. The Labute approximate surface area is 174 Å². The summed E-state index contributed by atoms with van der Waals surface area (Å²) in [5.41, 5.74) is 0.734. The largest absolute Gasteiger partial charge is 0.487 e. The van der Waals surface area contributed by atoms with E-state index < -0.39 is 0 Å². The number of aromatic nitrogens is 3. The molecule has 2 aromatic rings. The van der Waals surface area contributed by atoms with Crippen LogP contribution in [-0.2, 0) is 20.8 Å². The zero-order valence-corrected chi connectivity index (χ0v) is 16.6. The van der Waals surface area contributed by atoms with Gasteiger partial charge in [-0.25, -0.2) is 9.48 Å². The minimum Gasteiger partial charge on any atom is -0.487 e. The number of ether oxygens (including phenoxy) is 4. The summed E-state index contributed by atoms with van der Waals surface area (Å²) in [5, 5.41) is 11.5. The number of nitrogens with one attached hydrogen (secondary N) is 1. The highest BCUT2D eigenvalue weighted by Crippen LogP contribution is 2.34. The van der Waals surface area contributed by atoms with Gasteiger partial charge >= 0.3 is 6.03 Å². The van der Waals surface area contributed by atoms with Gasteiger partial charge in [0.25, 0.3) is 0 Å². The van der Waals surface area contributed by atoms with E-state index in [2.05, 4.69) is 15.6 Å². The quantitative estimate of drug-likeness (QED) is 0.764. The predicted molar refractivity (Wildman–Crippen MR) is 104 cm³/mol. The molecule has 0 saturated carbocycles. The fourth-order valence-corrected chi connectivity index (χ4v) is 4.06. The van der Waals surface area contributed by atoms with E-state index in [-0.39, 0.29) is 30.3 Å². The minimum absolute atomic E-state index is 0.0849. The molecule has 0 unspecified atom stereocenters. The average Bonchev–Trinajstić information content (AvgIpc) is 3.51. The molecule has 0 radical (unpaired) electrons. The molecular weight excluding hydrogens is 390 g/mol. The second-order valence-electron chi connectivity index (χ2n) is 7.61. The molecule has 3 aliphatic rings. The molecule has 10 heteroatoms. The van der Waals surface area contributed by atoms with Crippen LogP contribution in [-0.4, -0.2) is 83.7 Å². The third kappa shape index (κ3) is 3.98. The molecule has 3 saturated heterocycles. The van der Waals surface area contributed by atoms with Crippen molar-refractivity contribution in [3.63, 3.8) is 0 Å². The van der Waals surface area contributed by atoms with Crippen LogP contribution in [0.3, 0.4) is 0 Å². The van der Waals surface area contributed by atoms with Gasteiger partial charge in [0.1, 0.15) is 36.3 Å². The summed E-state index contributed by atoms with van der Waals surface area (Å²) >= 11 is 0. The second kappa shape index (κ2) is 8.58. The van der Waals surface area contributed by atoms with Gasteiger partial charge in [-0.2, -0.15) is 0 Å². The van der Waals surface area contributed by atoms with Crippen molar-refractivity contribution in [2.24, 2.45) is 0 Å². The third-order valence-corrected chi connectivity index (χ3v) is 5.66. The Kier molecular flexibility index (Phi) is 5.52. The maximum absolute atomic E-state index is 12.5. The fraction of sp³-hybridized carbons (Fsp3) is 0.550. The number of amides is 2. The topological polar surface area (TPSA) is 100.0 Å². The number of carbonyl (C=O) groups excluding carboxylic acids is 1.